The van der Waals surface area contributed by atoms with Gasteiger partial charge in [-0.3, -0.25) is 0 Å². The molecule has 0 radical (unpaired) electrons. The van der Waals surface area contributed by atoms with Crippen LogP contribution in [0.1, 0.15) is 30.9 Å². The molecule has 3 rings (SSSR count). The summed E-state index contributed by atoms with van der Waals surface area (Å²) in [5.41, 5.74) is 1.41. The topological polar surface area (TPSA) is 39.1 Å². The maximum Gasteiger partial charge on any atom is 0.0948 e. The van der Waals surface area contributed by atoms with Gasteiger partial charge in [0.25, 0.3) is 0 Å². The minimum Gasteiger partial charge on any atom is -0.381 e. The second-order valence-electron chi connectivity index (χ2n) is 5.22. The quantitative estimate of drug-likeness (QED) is 0.857. The van der Waals surface area contributed by atoms with Crippen molar-refractivity contribution in [2.24, 2.45) is 5.92 Å². The third-order valence-corrected chi connectivity index (χ3v) is 4.03. The molecule has 4 nitrogen and oxygen atoms in total. The molecule has 0 amide bonds. The summed E-state index contributed by atoms with van der Waals surface area (Å²) in [4.78, 5) is 4.32. The number of aryl methyl sites for hydroxylation is 1. The Balaban J connectivity index is 1.60. The molecule has 2 fully saturated rings. The zero-order chi connectivity index (χ0) is 11.5. The second kappa shape index (κ2) is 5.19. The average Bonchev–Trinajstić information content (AvgIpc) is 3.09. The van der Waals surface area contributed by atoms with Crippen LogP contribution in [-0.4, -0.2) is 35.9 Å². The van der Waals surface area contributed by atoms with E-state index in [-0.39, 0.29) is 0 Å². The molecule has 1 aromatic heterocycles. The van der Waals surface area contributed by atoms with Crippen molar-refractivity contribution in [1.82, 2.24) is 14.9 Å². The lowest BCUT2D eigenvalue weighted by molar-refractivity contribution is 0.183. The Kier molecular flexibility index (Phi) is 3.43. The summed E-state index contributed by atoms with van der Waals surface area (Å²) in [6.07, 6.45) is 7.74. The van der Waals surface area contributed by atoms with Gasteiger partial charge in [0.05, 0.1) is 6.33 Å². The van der Waals surface area contributed by atoms with Gasteiger partial charge >= 0.3 is 0 Å². The predicted molar refractivity (Wildman–Crippen MR) is 66.0 cm³/mol. The van der Waals surface area contributed by atoms with Crippen LogP contribution in [0.5, 0.6) is 0 Å². The number of imidazole rings is 1. The summed E-state index contributed by atoms with van der Waals surface area (Å²) in [5, 5.41) is 3.42. The molecule has 0 spiro atoms. The first-order valence-corrected chi connectivity index (χ1v) is 6.72. The fourth-order valence-electron chi connectivity index (χ4n) is 2.90. The number of aromatic nitrogens is 2. The third-order valence-electron chi connectivity index (χ3n) is 4.03. The van der Waals surface area contributed by atoms with E-state index < -0.39 is 0 Å². The molecule has 2 aliphatic rings. The van der Waals surface area contributed by atoms with Gasteiger partial charge in [-0.15, -0.1) is 0 Å². The lowest BCUT2D eigenvalue weighted by atomic mass is 10.0. The standard InChI is InChI=1S/C13H21N3O/c1-4-14-7-12(1)13-8-15-10-16(13)5-2-11-3-6-17-9-11/h8,10-12,14H,1-7,9H2. The van der Waals surface area contributed by atoms with E-state index in [1.54, 1.807) is 0 Å². The number of hydrogen-bond acceptors (Lipinski definition) is 3. The van der Waals surface area contributed by atoms with Crippen LogP contribution in [-0.2, 0) is 11.3 Å². The molecule has 3 heterocycles. The summed E-state index contributed by atoms with van der Waals surface area (Å²) < 4.78 is 7.77. The van der Waals surface area contributed by atoms with Gasteiger partial charge in [-0.1, -0.05) is 0 Å². The fourth-order valence-corrected chi connectivity index (χ4v) is 2.90. The number of nitrogens with zero attached hydrogens (tertiary/aromatic N) is 2. The van der Waals surface area contributed by atoms with Crippen LogP contribution in [0.3, 0.4) is 0 Å². The van der Waals surface area contributed by atoms with Crippen molar-refractivity contribution in [3.8, 4) is 0 Å². The first-order chi connectivity index (χ1) is 8.43. The normalized spacial score (nSPS) is 28.9. The van der Waals surface area contributed by atoms with E-state index in [0.29, 0.717) is 5.92 Å². The first kappa shape index (κ1) is 11.2. The van der Waals surface area contributed by atoms with E-state index in [9.17, 15) is 0 Å². The van der Waals surface area contributed by atoms with Gasteiger partial charge in [0, 0.05) is 44.1 Å². The van der Waals surface area contributed by atoms with Crippen LogP contribution in [0.4, 0.5) is 0 Å². The Bertz CT molecular complexity index is 351. The smallest absolute Gasteiger partial charge is 0.0948 e. The van der Waals surface area contributed by atoms with Gasteiger partial charge in [-0.25, -0.2) is 4.98 Å². The van der Waals surface area contributed by atoms with Crippen LogP contribution >= 0.6 is 0 Å². The lowest BCUT2D eigenvalue weighted by Crippen LogP contribution is -2.13. The predicted octanol–water partition coefficient (Wildman–Crippen LogP) is 1.39. The molecular formula is C13H21N3O. The molecule has 2 atom stereocenters. The monoisotopic (exact) mass is 235 g/mol. The van der Waals surface area contributed by atoms with Gasteiger partial charge in [-0.05, 0) is 31.7 Å². The molecule has 0 aliphatic carbocycles. The van der Waals surface area contributed by atoms with Crippen LogP contribution in [0.15, 0.2) is 12.5 Å². The van der Waals surface area contributed by atoms with Gasteiger partial charge in [0.15, 0.2) is 0 Å². The number of ether oxygens (including phenoxy) is 1. The molecule has 0 bridgehead atoms. The van der Waals surface area contributed by atoms with Gasteiger partial charge < -0.3 is 14.6 Å². The van der Waals surface area contributed by atoms with Crippen LogP contribution in [0.2, 0.25) is 0 Å². The summed E-state index contributed by atoms with van der Waals surface area (Å²) in [7, 11) is 0. The molecule has 0 aromatic carbocycles. The highest BCUT2D eigenvalue weighted by molar-refractivity contribution is 5.09. The maximum atomic E-state index is 5.42. The highest BCUT2D eigenvalue weighted by atomic mass is 16.5. The summed E-state index contributed by atoms with van der Waals surface area (Å²) in [5.74, 6) is 1.42. The summed E-state index contributed by atoms with van der Waals surface area (Å²) >= 11 is 0. The lowest BCUT2D eigenvalue weighted by Gasteiger charge is -2.14. The third kappa shape index (κ3) is 2.53. The Morgan fingerprint density at radius 2 is 2.47 bits per heavy atom. The molecule has 1 N–H and O–H groups in total. The van der Waals surface area contributed by atoms with E-state index in [0.717, 1.165) is 38.8 Å². The number of rotatable bonds is 4. The Morgan fingerprint density at radius 1 is 1.47 bits per heavy atom. The van der Waals surface area contributed by atoms with Crippen LogP contribution in [0.25, 0.3) is 0 Å². The van der Waals surface area contributed by atoms with Crippen molar-refractivity contribution < 1.29 is 4.74 Å². The largest absolute Gasteiger partial charge is 0.381 e. The molecule has 94 valence electrons. The molecule has 2 unspecified atom stereocenters. The highest BCUT2D eigenvalue weighted by Crippen LogP contribution is 2.23. The molecule has 2 saturated heterocycles. The van der Waals surface area contributed by atoms with Gasteiger partial charge in [0.1, 0.15) is 0 Å². The molecule has 2 aliphatic heterocycles. The molecule has 4 heteroatoms. The second-order valence-corrected chi connectivity index (χ2v) is 5.22. The van der Waals surface area contributed by atoms with E-state index in [1.165, 1.54) is 25.0 Å². The maximum absolute atomic E-state index is 5.42. The van der Waals surface area contributed by atoms with E-state index in [4.69, 9.17) is 4.74 Å². The minimum atomic E-state index is 0.664. The van der Waals surface area contributed by atoms with Gasteiger partial charge in [-0.2, -0.15) is 0 Å². The zero-order valence-corrected chi connectivity index (χ0v) is 10.3. The van der Waals surface area contributed by atoms with E-state index in [2.05, 4.69) is 14.9 Å². The number of hydrogen-bond donors (Lipinski definition) is 1. The SMILES string of the molecule is c1ncn(CCC2CCOC2)c1C1CCNC1. The van der Waals surface area contributed by atoms with Crippen molar-refractivity contribution in [3.05, 3.63) is 18.2 Å². The van der Waals surface area contributed by atoms with Crippen molar-refractivity contribution >= 4 is 0 Å². The zero-order valence-electron chi connectivity index (χ0n) is 10.3. The van der Waals surface area contributed by atoms with Crippen molar-refractivity contribution in [3.63, 3.8) is 0 Å². The van der Waals surface area contributed by atoms with E-state index in [1.807, 2.05) is 12.5 Å². The van der Waals surface area contributed by atoms with Crippen molar-refractivity contribution in [2.45, 2.75) is 31.7 Å². The summed E-state index contributed by atoms with van der Waals surface area (Å²) in [6.45, 7) is 5.26. The van der Waals surface area contributed by atoms with Crippen LogP contribution in [0, 0.1) is 5.92 Å². The Labute approximate surface area is 102 Å². The molecule has 0 saturated carbocycles. The van der Waals surface area contributed by atoms with Crippen LogP contribution < -0.4 is 5.32 Å². The average molecular weight is 235 g/mol. The Morgan fingerprint density at radius 3 is 3.24 bits per heavy atom. The molecular weight excluding hydrogens is 214 g/mol. The summed E-state index contributed by atoms with van der Waals surface area (Å²) in [6, 6.07) is 0. The molecule has 1 aromatic rings. The van der Waals surface area contributed by atoms with Crippen molar-refractivity contribution in [2.75, 3.05) is 26.3 Å². The van der Waals surface area contributed by atoms with E-state index >= 15 is 0 Å². The first-order valence-electron chi connectivity index (χ1n) is 6.72. The minimum absolute atomic E-state index is 0.664. The van der Waals surface area contributed by atoms with Gasteiger partial charge in [0.2, 0.25) is 0 Å². The highest BCUT2D eigenvalue weighted by Gasteiger charge is 2.21. The molecule has 17 heavy (non-hydrogen) atoms. The van der Waals surface area contributed by atoms with Crippen molar-refractivity contribution in [1.29, 1.82) is 0 Å². The fraction of sp³-hybridized carbons (Fsp3) is 0.769. The number of nitrogens with one attached hydrogen (secondary N) is 1. The Hall–Kier alpha value is -0.870.